The molecule has 0 aliphatic carbocycles. The van der Waals surface area contributed by atoms with Crippen LogP contribution in [0.25, 0.3) is 5.70 Å². The van der Waals surface area contributed by atoms with E-state index < -0.39 is 97.5 Å². The standard InChI is InChI=1S/C62H87IN14O17S/c63-44-17-13-42(14-18-44)31-52(79)65-21-4-3-12-50(60(92)93)73-58(89)48(72-53(80)34-68-51(33-64)43-8-7-9-46(32-43)70-61(94)66-22-5-2-11-49(59(90)91)69-40-78)10-1-6-23-67-62(95)71-45-19-15-41(16-20-45)30-47-35-76(38-56(85)86)27-26-74(36-54(81)82)24-25-75(37-55(83)84)28-29-77(47)39-57(87)88/h7-9,13-20,32-33,40,47-50,68H,1-6,10-12,21-31,34-39,64H2,(H,65,79)(H,69,78)(H,72,80)(H,73,89)(H,81,82)(H,83,84)(H,85,86)(H,87,88)(H,90,91)(H,92,93)(H2,66,70,94)(H2,67,71,95)/b51-33-. The number of anilines is 2. The number of nitrogens with two attached hydrogens (primary N) is 1. The zero-order valence-electron chi connectivity index (χ0n) is 52.6. The van der Waals surface area contributed by atoms with Crippen LogP contribution in [0.3, 0.4) is 0 Å². The quantitative estimate of drug-likeness (QED) is 0.0162. The van der Waals surface area contributed by atoms with Crippen LogP contribution in [0.1, 0.15) is 74.5 Å². The Bertz CT molecular complexity index is 3080. The molecule has 1 saturated heterocycles. The maximum Gasteiger partial charge on any atom is 0.326 e. The molecular weight excluding hydrogens is 1370 g/mol. The summed E-state index contributed by atoms with van der Waals surface area (Å²) in [5.41, 5.74) is 9.28. The molecule has 0 radical (unpaired) electrons. The van der Waals surface area contributed by atoms with E-state index in [1.54, 1.807) is 68.1 Å². The number of nitrogens with zero attached hydrogens (tertiary/aromatic N) is 4. The predicted octanol–water partition coefficient (Wildman–Crippen LogP) is 0.840. The molecule has 3 aromatic carbocycles. The third kappa shape index (κ3) is 32.8. The Balaban J connectivity index is 1.39. The summed E-state index contributed by atoms with van der Waals surface area (Å²) < 4.78 is 1.03. The second-order valence-electron chi connectivity index (χ2n) is 22.5. The van der Waals surface area contributed by atoms with Gasteiger partial charge in [-0.1, -0.05) is 36.4 Å². The number of thiocarbonyl (C=S) groups is 1. The molecule has 1 fully saturated rings. The molecule has 0 aromatic heterocycles. The first-order valence-electron chi connectivity index (χ1n) is 30.9. The number of unbranched alkanes of at least 4 members (excludes halogenated alkanes) is 3. The maximum atomic E-state index is 14.0. The Hall–Kier alpha value is -8.77. The zero-order chi connectivity index (χ0) is 69.7. The average Bonchev–Trinajstić information content (AvgIpc) is 1.66. The molecule has 0 saturated carbocycles. The van der Waals surface area contributed by atoms with Crippen LogP contribution in [0.4, 0.5) is 16.2 Å². The van der Waals surface area contributed by atoms with E-state index >= 15 is 0 Å². The Labute approximate surface area is 568 Å². The molecule has 4 rings (SSSR count). The first kappa shape index (κ1) is 78.7. The Morgan fingerprint density at radius 1 is 0.568 bits per heavy atom. The van der Waals surface area contributed by atoms with Crippen molar-refractivity contribution >= 4 is 123 Å². The summed E-state index contributed by atoms with van der Waals surface area (Å²) in [6.45, 7) is -0.144. The molecule has 6 amide bonds. The van der Waals surface area contributed by atoms with Crippen molar-refractivity contribution in [1.29, 1.82) is 0 Å². The number of urea groups is 1. The highest BCUT2D eigenvalue weighted by Gasteiger charge is 2.29. The van der Waals surface area contributed by atoms with Gasteiger partial charge in [-0.05, 0) is 147 Å². The molecule has 4 unspecified atom stereocenters. The van der Waals surface area contributed by atoms with Crippen LogP contribution in [0.5, 0.6) is 0 Å². The van der Waals surface area contributed by atoms with E-state index in [0.29, 0.717) is 68.4 Å². The van der Waals surface area contributed by atoms with E-state index in [0.717, 1.165) is 14.7 Å². The summed E-state index contributed by atoms with van der Waals surface area (Å²) in [5, 5.41) is 83.6. The molecule has 1 aliphatic heterocycles. The van der Waals surface area contributed by atoms with E-state index in [1.165, 1.54) is 6.20 Å². The first-order valence-corrected chi connectivity index (χ1v) is 32.4. The molecule has 3 aromatic rings. The van der Waals surface area contributed by atoms with Gasteiger partial charge in [0.25, 0.3) is 0 Å². The normalized spacial score (nSPS) is 15.3. The van der Waals surface area contributed by atoms with Crippen LogP contribution >= 0.6 is 34.8 Å². The van der Waals surface area contributed by atoms with Gasteiger partial charge in [0, 0.05) is 98.2 Å². The number of rotatable bonds is 40. The molecule has 4 atom stereocenters. The van der Waals surface area contributed by atoms with Gasteiger partial charge in [0.2, 0.25) is 24.1 Å². The fourth-order valence-corrected chi connectivity index (χ4v) is 10.8. The number of amides is 6. The summed E-state index contributed by atoms with van der Waals surface area (Å²) in [6, 6.07) is 16.4. The van der Waals surface area contributed by atoms with Crippen LogP contribution in [-0.4, -0.2) is 244 Å². The van der Waals surface area contributed by atoms with Gasteiger partial charge >= 0.3 is 41.8 Å². The molecule has 33 heteroatoms. The zero-order valence-corrected chi connectivity index (χ0v) is 55.6. The Kier molecular flexibility index (Phi) is 35.8. The highest BCUT2D eigenvalue weighted by atomic mass is 127. The van der Waals surface area contributed by atoms with Crippen LogP contribution in [0.15, 0.2) is 79.0 Å². The lowest BCUT2D eigenvalue weighted by atomic mass is 10.0. The third-order valence-corrected chi connectivity index (χ3v) is 16.0. The second kappa shape index (κ2) is 43.3. The van der Waals surface area contributed by atoms with Gasteiger partial charge in [-0.3, -0.25) is 58.0 Å². The van der Waals surface area contributed by atoms with Gasteiger partial charge in [-0.15, -0.1) is 0 Å². The van der Waals surface area contributed by atoms with E-state index in [2.05, 4.69) is 70.4 Å². The van der Waals surface area contributed by atoms with E-state index in [1.807, 2.05) is 24.3 Å². The molecule has 31 nitrogen and oxygen atoms in total. The number of carbonyl (C=O) groups excluding carboxylic acids is 5. The minimum absolute atomic E-state index is 0.0254. The van der Waals surface area contributed by atoms with Crippen molar-refractivity contribution in [2.75, 3.05) is 109 Å². The molecular formula is C62H87IN14O17S. The fourth-order valence-electron chi connectivity index (χ4n) is 10.2. The minimum Gasteiger partial charge on any atom is -0.480 e. The number of hydrogen-bond donors (Lipinski definition) is 16. The highest BCUT2D eigenvalue weighted by Crippen LogP contribution is 2.19. The first-order chi connectivity index (χ1) is 45.4. The van der Waals surface area contributed by atoms with Crippen molar-refractivity contribution in [1.82, 2.24) is 56.8 Å². The highest BCUT2D eigenvalue weighted by molar-refractivity contribution is 14.1. The fraction of sp³-hybridized carbons (Fsp3) is 0.484. The lowest BCUT2D eigenvalue weighted by molar-refractivity contribution is -0.142. The lowest BCUT2D eigenvalue weighted by Gasteiger charge is -2.37. The molecule has 17 N–H and O–H groups in total. The van der Waals surface area contributed by atoms with Gasteiger partial charge < -0.3 is 84.2 Å². The van der Waals surface area contributed by atoms with Crippen molar-refractivity contribution < 1.29 is 83.4 Å². The average molecular weight is 1460 g/mol. The number of carboxylic acids is 6. The number of benzene rings is 3. The van der Waals surface area contributed by atoms with Gasteiger partial charge in [0.1, 0.15) is 18.1 Å². The molecule has 1 aliphatic rings. The van der Waals surface area contributed by atoms with Crippen molar-refractivity contribution in [3.8, 4) is 0 Å². The van der Waals surface area contributed by atoms with E-state index in [-0.39, 0.29) is 121 Å². The minimum atomic E-state index is -1.33. The van der Waals surface area contributed by atoms with Crippen LogP contribution in [0.2, 0.25) is 0 Å². The third-order valence-electron chi connectivity index (χ3n) is 15.1. The number of nitrogens with one attached hydrogen (secondary N) is 9. The van der Waals surface area contributed by atoms with Crippen molar-refractivity contribution in [2.24, 2.45) is 5.73 Å². The monoisotopic (exact) mass is 1460 g/mol. The second-order valence-corrected chi connectivity index (χ2v) is 24.2. The van der Waals surface area contributed by atoms with Crippen LogP contribution < -0.4 is 53.6 Å². The van der Waals surface area contributed by atoms with Gasteiger partial charge in [0.15, 0.2) is 5.11 Å². The Morgan fingerprint density at radius 2 is 1.11 bits per heavy atom. The number of halogens is 1. The largest absolute Gasteiger partial charge is 0.480 e. The summed E-state index contributed by atoms with van der Waals surface area (Å²) in [6.07, 6.45) is 4.59. The van der Waals surface area contributed by atoms with Gasteiger partial charge in [0.05, 0.1) is 44.8 Å². The maximum absolute atomic E-state index is 14.0. The molecule has 1 heterocycles. The number of hydrogen-bond acceptors (Lipinski definition) is 18. The Morgan fingerprint density at radius 3 is 1.68 bits per heavy atom. The van der Waals surface area contributed by atoms with Crippen molar-refractivity contribution in [3.05, 3.63) is 99.3 Å². The van der Waals surface area contributed by atoms with E-state index in [4.69, 9.17) is 18.0 Å². The van der Waals surface area contributed by atoms with Gasteiger partial charge in [-0.2, -0.15) is 0 Å². The summed E-state index contributed by atoms with van der Waals surface area (Å²) in [4.78, 5) is 142. The summed E-state index contributed by atoms with van der Waals surface area (Å²) in [7, 11) is 0. The van der Waals surface area contributed by atoms with Crippen molar-refractivity contribution in [2.45, 2.75) is 94.8 Å². The lowest BCUT2D eigenvalue weighted by Crippen LogP contribution is -2.53. The number of aliphatic carboxylic acids is 6. The molecule has 520 valence electrons. The number of carboxylic acid groups (broad SMARTS) is 6. The number of carbonyl (C=O) groups is 11. The van der Waals surface area contributed by atoms with E-state index in [9.17, 15) is 83.4 Å². The summed E-state index contributed by atoms with van der Waals surface area (Å²) in [5.74, 6) is -8.54. The molecule has 0 spiro atoms. The topological polar surface area (TPSA) is 456 Å². The molecule has 0 bridgehead atoms. The van der Waals surface area contributed by atoms with Gasteiger partial charge in [-0.25, -0.2) is 14.4 Å². The summed E-state index contributed by atoms with van der Waals surface area (Å²) >= 11 is 7.77. The van der Waals surface area contributed by atoms with Crippen molar-refractivity contribution in [3.63, 3.8) is 0 Å². The smallest absolute Gasteiger partial charge is 0.326 e. The molecule has 95 heavy (non-hydrogen) atoms. The predicted molar refractivity (Wildman–Crippen MR) is 363 cm³/mol. The van der Waals surface area contributed by atoms with Crippen LogP contribution in [0, 0.1) is 3.57 Å². The van der Waals surface area contributed by atoms with Crippen LogP contribution in [-0.2, 0) is 60.8 Å². The SMILES string of the molecule is N/C=C(\NCC(=O)NC(CCCCNC(=S)Nc1ccc(CC2CN(CC(=O)O)CCN(CC(=O)O)CCN(CC(=O)O)CCN2CC(=O)O)cc1)C(=O)NC(CCCCNC(=O)Cc1ccc(I)cc1)C(=O)O)c1cccc(NC(=O)NCCCCC(NC=O)C(=O)O)c1.